The molecule has 0 aromatic heterocycles. The number of nitrogens with zero attached hydrogens (tertiary/aromatic N) is 1. The second-order valence-corrected chi connectivity index (χ2v) is 5.14. The first-order valence-corrected chi connectivity index (χ1v) is 7.39. The van der Waals surface area contributed by atoms with E-state index in [1.165, 1.54) is 6.07 Å². The Morgan fingerprint density at radius 1 is 1.08 bits per heavy atom. The van der Waals surface area contributed by atoms with Crippen molar-refractivity contribution in [2.75, 3.05) is 19.8 Å². The van der Waals surface area contributed by atoms with Crippen LogP contribution >= 0.6 is 0 Å². The monoisotopic (exact) mass is 343 g/mol. The van der Waals surface area contributed by atoms with Crippen LogP contribution in [0.2, 0.25) is 0 Å². The molecule has 0 atom stereocenters. The summed E-state index contributed by atoms with van der Waals surface area (Å²) in [4.78, 5) is 34.7. The molecule has 0 saturated heterocycles. The van der Waals surface area contributed by atoms with E-state index in [1.54, 1.807) is 30.3 Å². The molecule has 2 aromatic rings. The molecule has 0 N–H and O–H groups in total. The number of esters is 1. The smallest absolute Gasteiger partial charge is 0.345 e. The van der Waals surface area contributed by atoms with E-state index in [-0.39, 0.29) is 30.3 Å². The molecule has 0 spiro atoms. The number of nitro groups is 1. The van der Waals surface area contributed by atoms with Gasteiger partial charge in [-0.1, -0.05) is 30.3 Å². The third-order valence-corrected chi connectivity index (χ3v) is 3.51. The fraction of sp³-hybridized carbons (Fsp3) is 0.176. The van der Waals surface area contributed by atoms with E-state index >= 15 is 0 Å². The highest BCUT2D eigenvalue weighted by molar-refractivity contribution is 6.00. The van der Waals surface area contributed by atoms with Crippen molar-refractivity contribution in [2.24, 2.45) is 0 Å². The van der Waals surface area contributed by atoms with Gasteiger partial charge in [0.1, 0.15) is 18.8 Å². The molecular weight excluding hydrogens is 330 g/mol. The van der Waals surface area contributed by atoms with Crippen LogP contribution in [0.5, 0.6) is 11.5 Å². The fourth-order valence-corrected chi connectivity index (χ4v) is 2.31. The minimum absolute atomic E-state index is 0.190. The average Bonchev–Trinajstić information content (AvgIpc) is 2.65. The van der Waals surface area contributed by atoms with E-state index in [0.717, 1.165) is 6.07 Å². The highest BCUT2D eigenvalue weighted by Gasteiger charge is 2.27. The van der Waals surface area contributed by atoms with Gasteiger partial charge >= 0.3 is 5.97 Å². The van der Waals surface area contributed by atoms with Gasteiger partial charge in [-0.15, -0.1) is 0 Å². The second-order valence-electron chi connectivity index (χ2n) is 5.14. The molecule has 3 rings (SSSR count). The zero-order chi connectivity index (χ0) is 17.8. The summed E-state index contributed by atoms with van der Waals surface area (Å²) in [5.41, 5.74) is -0.386. The third kappa shape index (κ3) is 3.57. The number of carbonyl (C=O) groups is 2. The van der Waals surface area contributed by atoms with E-state index in [2.05, 4.69) is 0 Å². The lowest BCUT2D eigenvalue weighted by atomic mass is 10.1. The molecular formula is C17H13NO7. The molecule has 8 nitrogen and oxygen atoms in total. The topological polar surface area (TPSA) is 105 Å². The van der Waals surface area contributed by atoms with Crippen LogP contribution in [-0.4, -0.2) is 36.5 Å². The van der Waals surface area contributed by atoms with Crippen LogP contribution in [0.1, 0.15) is 20.7 Å². The molecule has 128 valence electrons. The lowest BCUT2D eigenvalue weighted by molar-refractivity contribution is -0.385. The SMILES string of the molecule is O=C(COC(=O)c1cc2c(cc1[N+](=O)[O-])OCCO2)c1ccccc1. The minimum atomic E-state index is -0.979. The van der Waals surface area contributed by atoms with Crippen LogP contribution in [0.15, 0.2) is 42.5 Å². The van der Waals surface area contributed by atoms with Crippen molar-refractivity contribution in [3.05, 3.63) is 63.7 Å². The maximum absolute atomic E-state index is 12.2. The van der Waals surface area contributed by atoms with Crippen LogP contribution in [0.25, 0.3) is 0 Å². The van der Waals surface area contributed by atoms with Gasteiger partial charge in [-0.05, 0) is 0 Å². The largest absolute Gasteiger partial charge is 0.486 e. The molecule has 0 aliphatic carbocycles. The molecule has 1 heterocycles. The molecule has 8 heteroatoms. The van der Waals surface area contributed by atoms with Gasteiger partial charge in [0.15, 0.2) is 23.9 Å². The number of ketones is 1. The van der Waals surface area contributed by atoms with E-state index in [1.807, 2.05) is 0 Å². The van der Waals surface area contributed by atoms with E-state index in [9.17, 15) is 19.7 Å². The van der Waals surface area contributed by atoms with Crippen LogP contribution in [0.4, 0.5) is 5.69 Å². The molecule has 0 saturated carbocycles. The van der Waals surface area contributed by atoms with Gasteiger partial charge in [-0.25, -0.2) is 4.79 Å². The normalized spacial score (nSPS) is 12.3. The number of ether oxygens (including phenoxy) is 3. The maximum Gasteiger partial charge on any atom is 0.345 e. The van der Waals surface area contributed by atoms with Gasteiger partial charge in [0.25, 0.3) is 5.69 Å². The summed E-state index contributed by atoms with van der Waals surface area (Å²) in [6.45, 7) is 0.0137. The van der Waals surface area contributed by atoms with Crippen molar-refractivity contribution < 1.29 is 28.7 Å². The van der Waals surface area contributed by atoms with Crippen LogP contribution < -0.4 is 9.47 Å². The van der Waals surface area contributed by atoms with Crippen molar-refractivity contribution in [3.8, 4) is 11.5 Å². The van der Waals surface area contributed by atoms with Crippen molar-refractivity contribution in [1.29, 1.82) is 0 Å². The van der Waals surface area contributed by atoms with E-state index in [4.69, 9.17) is 14.2 Å². The zero-order valence-electron chi connectivity index (χ0n) is 13.0. The summed E-state index contributed by atoms with van der Waals surface area (Å²) >= 11 is 0. The van der Waals surface area contributed by atoms with E-state index < -0.39 is 29.0 Å². The van der Waals surface area contributed by atoms with Gasteiger partial charge < -0.3 is 14.2 Å². The first-order valence-electron chi connectivity index (χ1n) is 7.39. The summed E-state index contributed by atoms with van der Waals surface area (Å²) in [6, 6.07) is 10.6. The number of fused-ring (bicyclic) bond motifs is 1. The predicted octanol–water partition coefficient (Wildman–Crippen LogP) is 2.41. The van der Waals surface area contributed by atoms with Crippen molar-refractivity contribution >= 4 is 17.4 Å². The summed E-state index contributed by atoms with van der Waals surface area (Å²) in [7, 11) is 0. The number of hydrogen-bond acceptors (Lipinski definition) is 7. The Morgan fingerprint density at radius 2 is 1.72 bits per heavy atom. The lowest BCUT2D eigenvalue weighted by Crippen LogP contribution is -2.18. The first kappa shape index (κ1) is 16.4. The van der Waals surface area contributed by atoms with Gasteiger partial charge in [-0.2, -0.15) is 0 Å². The Bertz CT molecular complexity index is 832. The Labute approximate surface area is 142 Å². The summed E-state index contributed by atoms with van der Waals surface area (Å²) in [5, 5.41) is 11.2. The molecule has 2 aromatic carbocycles. The van der Waals surface area contributed by atoms with Gasteiger partial charge in [0.05, 0.1) is 11.0 Å². The number of rotatable bonds is 5. The minimum Gasteiger partial charge on any atom is -0.486 e. The van der Waals surface area contributed by atoms with Crippen LogP contribution in [0, 0.1) is 10.1 Å². The highest BCUT2D eigenvalue weighted by Crippen LogP contribution is 2.36. The Morgan fingerprint density at radius 3 is 2.36 bits per heavy atom. The van der Waals surface area contributed by atoms with Crippen LogP contribution in [-0.2, 0) is 4.74 Å². The van der Waals surface area contributed by atoms with Gasteiger partial charge in [-0.3, -0.25) is 14.9 Å². The molecule has 0 amide bonds. The Hall–Kier alpha value is -3.42. The molecule has 0 radical (unpaired) electrons. The molecule has 1 aliphatic heterocycles. The van der Waals surface area contributed by atoms with Crippen molar-refractivity contribution in [3.63, 3.8) is 0 Å². The number of nitro benzene ring substituents is 1. The molecule has 0 fully saturated rings. The zero-order valence-corrected chi connectivity index (χ0v) is 13.0. The van der Waals surface area contributed by atoms with E-state index in [0.29, 0.717) is 5.56 Å². The number of hydrogen-bond donors (Lipinski definition) is 0. The summed E-state index contributed by atoms with van der Waals surface area (Å²) in [6.07, 6.45) is 0. The molecule has 0 unspecified atom stereocenters. The molecule has 0 bridgehead atoms. The number of carbonyl (C=O) groups excluding carboxylic acids is 2. The predicted molar refractivity (Wildman–Crippen MR) is 85.1 cm³/mol. The summed E-state index contributed by atoms with van der Waals surface area (Å²) < 4.78 is 15.5. The van der Waals surface area contributed by atoms with Crippen molar-refractivity contribution in [2.45, 2.75) is 0 Å². The third-order valence-electron chi connectivity index (χ3n) is 3.51. The fourth-order valence-electron chi connectivity index (χ4n) is 2.31. The average molecular weight is 343 g/mol. The van der Waals surface area contributed by atoms with Gasteiger partial charge in [0, 0.05) is 11.6 Å². The Kier molecular flexibility index (Phi) is 4.60. The Balaban J connectivity index is 1.79. The molecule has 25 heavy (non-hydrogen) atoms. The quantitative estimate of drug-likeness (QED) is 0.355. The standard InChI is InChI=1S/C17H13NO7/c19-14(11-4-2-1-3-5-11)10-25-17(20)12-8-15-16(24-7-6-23-15)9-13(12)18(21)22/h1-5,8-9H,6-7,10H2. The van der Waals surface area contributed by atoms with Gasteiger partial charge in [0.2, 0.25) is 0 Å². The maximum atomic E-state index is 12.2. The lowest BCUT2D eigenvalue weighted by Gasteiger charge is -2.18. The second kappa shape index (κ2) is 7.00. The number of benzene rings is 2. The summed E-state index contributed by atoms with van der Waals surface area (Å²) in [5.74, 6) is -0.977. The molecule has 1 aliphatic rings. The first-order chi connectivity index (χ1) is 12.1. The number of Topliss-reactive ketones (excluding diaryl/α,β-unsaturated/α-hetero) is 1. The highest BCUT2D eigenvalue weighted by atomic mass is 16.6. The van der Waals surface area contributed by atoms with Crippen molar-refractivity contribution in [1.82, 2.24) is 0 Å². The van der Waals surface area contributed by atoms with Crippen LogP contribution in [0.3, 0.4) is 0 Å².